The van der Waals surface area contributed by atoms with Gasteiger partial charge < -0.3 is 4.90 Å². The Morgan fingerprint density at radius 2 is 1.93 bits per heavy atom. The van der Waals surface area contributed by atoms with Gasteiger partial charge in [-0.2, -0.15) is 5.26 Å². The number of thiophene rings is 1. The third-order valence-electron chi connectivity index (χ3n) is 7.01. The Labute approximate surface area is 236 Å². The lowest BCUT2D eigenvalue weighted by atomic mass is 9.96. The first-order valence-electron chi connectivity index (χ1n) is 12.4. The second kappa shape index (κ2) is 10.3. The van der Waals surface area contributed by atoms with Crippen molar-refractivity contribution in [1.82, 2.24) is 3.97 Å². The van der Waals surface area contributed by atoms with E-state index in [4.69, 9.17) is 0 Å². The van der Waals surface area contributed by atoms with Crippen LogP contribution in [0.3, 0.4) is 0 Å². The number of carbonyl (C=O) groups is 1. The monoisotopic (exact) mass is 570 g/mol. The van der Waals surface area contributed by atoms with Crippen molar-refractivity contribution in [1.29, 1.82) is 5.26 Å². The number of benzene rings is 3. The van der Waals surface area contributed by atoms with Crippen molar-refractivity contribution in [3.63, 3.8) is 0 Å². The minimum atomic E-state index is -0.658. The van der Waals surface area contributed by atoms with Crippen molar-refractivity contribution < 1.29 is 13.6 Å². The molecule has 1 fully saturated rings. The quantitative estimate of drug-likeness (QED) is 0.195. The number of anilines is 1. The maximum atomic E-state index is 15.1. The third-order valence-corrected chi connectivity index (χ3v) is 8.91. The highest BCUT2D eigenvalue weighted by Crippen LogP contribution is 2.47. The Kier molecular flexibility index (Phi) is 6.70. The molecule has 198 valence electrons. The van der Waals surface area contributed by atoms with E-state index in [0.29, 0.717) is 50.6 Å². The molecule has 40 heavy (non-hydrogen) atoms. The second-order valence-corrected chi connectivity index (χ2v) is 11.5. The molecule has 0 N–H and O–H groups in total. The number of fused-ring (bicyclic) bond motifs is 1. The largest absolute Gasteiger partial charge is 0.370 e. The van der Waals surface area contributed by atoms with E-state index in [1.165, 1.54) is 41.5 Å². The summed E-state index contributed by atoms with van der Waals surface area (Å²) in [6, 6.07) is 21.2. The molecule has 1 saturated heterocycles. The molecular weight excluding hydrogens is 550 g/mol. The molecule has 0 unspecified atom stereocenters. The van der Waals surface area contributed by atoms with Gasteiger partial charge in [0.15, 0.2) is 0 Å². The van der Waals surface area contributed by atoms with Crippen LogP contribution in [0.4, 0.5) is 14.5 Å². The summed E-state index contributed by atoms with van der Waals surface area (Å²) >= 11 is 2.49. The van der Waals surface area contributed by atoms with Gasteiger partial charge in [-0.25, -0.2) is 8.78 Å². The summed E-state index contributed by atoms with van der Waals surface area (Å²) in [5.41, 5.74) is 5.09. The number of nitriles is 1. The standard InChI is InChI=1S/C30H20F2N4O2S2/c1-17-5-8-26(24(32)11-17)40-36-25-7-6-20(31)13-23(25)28(22-9-10-39-27(22)14-33)29(36)18-3-2-4-21(12-18)35-15-19(16-35)30(37)34-38/h2-13,19H,15-16H2,1H3. The van der Waals surface area contributed by atoms with Crippen LogP contribution in [0, 0.1) is 40.7 Å². The fourth-order valence-corrected chi connectivity index (χ4v) is 6.71. The number of carbonyl (C=O) groups excluding carboxylic acids is 1. The summed E-state index contributed by atoms with van der Waals surface area (Å²) in [6.07, 6.45) is 0. The number of halogens is 2. The number of nitrogens with zero attached hydrogens (tertiary/aromatic N) is 4. The van der Waals surface area contributed by atoms with E-state index in [-0.39, 0.29) is 5.82 Å². The molecular formula is C30H20F2N4O2S2. The van der Waals surface area contributed by atoms with Gasteiger partial charge in [-0.3, -0.25) is 8.77 Å². The number of amides is 1. The van der Waals surface area contributed by atoms with E-state index < -0.39 is 17.6 Å². The molecule has 0 saturated carbocycles. The highest BCUT2D eigenvalue weighted by atomic mass is 32.2. The molecule has 6 nitrogen and oxygen atoms in total. The summed E-state index contributed by atoms with van der Waals surface area (Å²) < 4.78 is 31.6. The average Bonchev–Trinajstić information content (AvgIpc) is 3.51. The van der Waals surface area contributed by atoms with Crippen molar-refractivity contribution in [3.05, 3.63) is 99.1 Å². The van der Waals surface area contributed by atoms with Crippen LogP contribution in [-0.4, -0.2) is 23.0 Å². The lowest BCUT2D eigenvalue weighted by molar-refractivity contribution is -0.122. The second-order valence-electron chi connectivity index (χ2n) is 9.56. The van der Waals surface area contributed by atoms with Crippen molar-refractivity contribution in [2.75, 3.05) is 18.0 Å². The molecule has 1 aliphatic heterocycles. The van der Waals surface area contributed by atoms with E-state index in [2.05, 4.69) is 11.2 Å². The van der Waals surface area contributed by atoms with Gasteiger partial charge in [0.2, 0.25) is 0 Å². The van der Waals surface area contributed by atoms with E-state index in [0.717, 1.165) is 16.8 Å². The normalized spacial score (nSPS) is 13.3. The Bertz CT molecular complexity index is 1850. The summed E-state index contributed by atoms with van der Waals surface area (Å²) in [4.78, 5) is 25.2. The van der Waals surface area contributed by atoms with Gasteiger partial charge in [0.05, 0.1) is 22.0 Å². The Morgan fingerprint density at radius 3 is 2.67 bits per heavy atom. The van der Waals surface area contributed by atoms with Crippen LogP contribution in [0.15, 0.2) is 82.2 Å². The van der Waals surface area contributed by atoms with Crippen LogP contribution in [0.2, 0.25) is 0 Å². The van der Waals surface area contributed by atoms with E-state index in [9.17, 15) is 19.4 Å². The number of aromatic nitrogens is 1. The maximum absolute atomic E-state index is 15.1. The minimum Gasteiger partial charge on any atom is -0.370 e. The first-order valence-corrected chi connectivity index (χ1v) is 14.0. The van der Waals surface area contributed by atoms with Gasteiger partial charge in [0.25, 0.3) is 5.91 Å². The number of aryl methyl sites for hydroxylation is 1. The van der Waals surface area contributed by atoms with E-state index >= 15 is 4.39 Å². The van der Waals surface area contributed by atoms with Crippen LogP contribution >= 0.6 is 23.3 Å². The Balaban J connectivity index is 1.58. The molecule has 3 aromatic carbocycles. The number of rotatable bonds is 6. The first kappa shape index (κ1) is 25.9. The van der Waals surface area contributed by atoms with Crippen molar-refractivity contribution >= 4 is 45.8 Å². The predicted octanol–water partition coefficient (Wildman–Crippen LogP) is 7.78. The number of hydrogen-bond acceptors (Lipinski definition) is 6. The van der Waals surface area contributed by atoms with Gasteiger partial charge in [-0.15, -0.1) is 16.2 Å². The molecule has 2 aromatic heterocycles. The van der Waals surface area contributed by atoms with Gasteiger partial charge in [-0.05, 0) is 78.3 Å². The zero-order chi connectivity index (χ0) is 28.0. The van der Waals surface area contributed by atoms with E-state index in [1.54, 1.807) is 12.1 Å². The van der Waals surface area contributed by atoms with Gasteiger partial charge in [-0.1, -0.05) is 18.2 Å². The predicted molar refractivity (Wildman–Crippen MR) is 154 cm³/mol. The molecule has 6 rings (SSSR count). The van der Waals surface area contributed by atoms with Crippen LogP contribution < -0.4 is 4.90 Å². The molecule has 0 aliphatic carbocycles. The molecule has 5 aromatic rings. The number of hydrogen-bond donors (Lipinski definition) is 0. The van der Waals surface area contributed by atoms with Crippen molar-refractivity contribution in [2.24, 2.45) is 11.1 Å². The Hall–Kier alpha value is -4.33. The van der Waals surface area contributed by atoms with E-state index in [1.807, 2.05) is 57.6 Å². The number of nitroso groups, excluding NO2 is 1. The molecule has 0 atom stereocenters. The summed E-state index contributed by atoms with van der Waals surface area (Å²) in [5, 5.41) is 14.8. The highest BCUT2D eigenvalue weighted by Gasteiger charge is 2.34. The SMILES string of the molecule is Cc1ccc(Sn2c(-c3cccc(N4CC(C(=O)N=O)C4)c3)c(-c3ccsc3C#N)c3cc(F)ccc32)c(F)c1. The summed E-state index contributed by atoms with van der Waals surface area (Å²) in [6.45, 7) is 2.57. The highest BCUT2D eigenvalue weighted by molar-refractivity contribution is 7.98. The molecule has 3 heterocycles. The summed E-state index contributed by atoms with van der Waals surface area (Å²) in [5.74, 6) is -1.89. The fourth-order valence-electron chi connectivity index (χ4n) is 5.01. The first-order chi connectivity index (χ1) is 19.4. The zero-order valence-electron chi connectivity index (χ0n) is 21.1. The molecule has 0 bridgehead atoms. The van der Waals surface area contributed by atoms with Gasteiger partial charge in [0.1, 0.15) is 22.6 Å². The van der Waals surface area contributed by atoms with Crippen LogP contribution in [0.1, 0.15) is 10.4 Å². The van der Waals surface area contributed by atoms with Crippen LogP contribution in [0.5, 0.6) is 0 Å². The lowest BCUT2D eigenvalue weighted by Gasteiger charge is -2.38. The van der Waals surface area contributed by atoms with Crippen LogP contribution in [-0.2, 0) is 4.79 Å². The lowest BCUT2D eigenvalue weighted by Crippen LogP contribution is -2.50. The van der Waals surface area contributed by atoms with Crippen molar-refractivity contribution in [2.45, 2.75) is 11.8 Å². The zero-order valence-corrected chi connectivity index (χ0v) is 22.7. The fraction of sp³-hybridized carbons (Fsp3) is 0.133. The molecule has 1 amide bonds. The third kappa shape index (κ3) is 4.47. The van der Waals surface area contributed by atoms with Gasteiger partial charge in [0, 0.05) is 46.0 Å². The molecule has 0 spiro atoms. The maximum Gasteiger partial charge on any atom is 0.292 e. The molecule has 10 heteroatoms. The van der Waals surface area contributed by atoms with Crippen LogP contribution in [0.25, 0.3) is 33.3 Å². The van der Waals surface area contributed by atoms with Crippen molar-refractivity contribution in [3.8, 4) is 28.5 Å². The van der Waals surface area contributed by atoms with Gasteiger partial charge >= 0.3 is 0 Å². The minimum absolute atomic E-state index is 0.372. The Morgan fingerprint density at radius 1 is 1.10 bits per heavy atom. The summed E-state index contributed by atoms with van der Waals surface area (Å²) in [7, 11) is 0. The molecule has 0 radical (unpaired) electrons. The topological polar surface area (TPSA) is 78.5 Å². The molecule has 1 aliphatic rings. The average molecular weight is 571 g/mol. The smallest absolute Gasteiger partial charge is 0.292 e.